The summed E-state index contributed by atoms with van der Waals surface area (Å²) in [6.07, 6.45) is 1.88. The van der Waals surface area contributed by atoms with Gasteiger partial charge in [0.15, 0.2) is 0 Å². The van der Waals surface area contributed by atoms with Crippen LogP contribution in [0.3, 0.4) is 0 Å². The van der Waals surface area contributed by atoms with Crippen LogP contribution in [0.4, 0.5) is 5.82 Å². The standard InChI is InChI=1S/C13H12N4O/c14-12-9(13(15)18)6-11(17-12)8-2-1-7-3-4-16-10(7)5-8/h1-6,16-17H,14H2,(H2,15,18). The van der Waals surface area contributed by atoms with Crippen molar-refractivity contribution in [2.75, 3.05) is 5.73 Å². The number of amides is 1. The maximum Gasteiger partial charge on any atom is 0.252 e. The van der Waals surface area contributed by atoms with E-state index in [0.29, 0.717) is 11.4 Å². The molecule has 1 amide bonds. The van der Waals surface area contributed by atoms with E-state index in [1.54, 1.807) is 6.07 Å². The Balaban J connectivity index is 2.13. The SMILES string of the molecule is NC(=O)c1cc(-c2ccc3cc[nH]c3c2)[nH]c1N. The summed E-state index contributed by atoms with van der Waals surface area (Å²) in [6, 6.07) is 9.62. The highest BCUT2D eigenvalue weighted by Crippen LogP contribution is 2.26. The monoisotopic (exact) mass is 240 g/mol. The molecule has 90 valence electrons. The number of nitrogens with two attached hydrogens (primary N) is 2. The van der Waals surface area contributed by atoms with Crippen LogP contribution in [-0.2, 0) is 0 Å². The molecule has 0 fully saturated rings. The smallest absolute Gasteiger partial charge is 0.252 e. The van der Waals surface area contributed by atoms with Gasteiger partial charge in [0.05, 0.1) is 5.56 Å². The molecule has 2 heterocycles. The second-order valence-corrected chi connectivity index (χ2v) is 4.15. The van der Waals surface area contributed by atoms with Crippen LogP contribution in [0.25, 0.3) is 22.2 Å². The van der Waals surface area contributed by atoms with E-state index in [-0.39, 0.29) is 0 Å². The van der Waals surface area contributed by atoms with E-state index in [9.17, 15) is 4.79 Å². The quantitative estimate of drug-likeness (QED) is 0.549. The van der Waals surface area contributed by atoms with Crippen molar-refractivity contribution in [3.8, 4) is 11.3 Å². The highest BCUT2D eigenvalue weighted by Gasteiger charge is 2.11. The van der Waals surface area contributed by atoms with Gasteiger partial charge in [0.2, 0.25) is 0 Å². The molecule has 5 heteroatoms. The van der Waals surface area contributed by atoms with Crippen LogP contribution in [0, 0.1) is 0 Å². The number of hydrogen-bond acceptors (Lipinski definition) is 2. The number of carbonyl (C=O) groups excluding carboxylic acids is 1. The van der Waals surface area contributed by atoms with Gasteiger partial charge in [0.25, 0.3) is 5.91 Å². The molecule has 0 aliphatic rings. The molecule has 18 heavy (non-hydrogen) atoms. The minimum atomic E-state index is -0.532. The summed E-state index contributed by atoms with van der Waals surface area (Å²) < 4.78 is 0. The average molecular weight is 240 g/mol. The van der Waals surface area contributed by atoms with E-state index in [2.05, 4.69) is 9.97 Å². The number of fused-ring (bicyclic) bond motifs is 1. The topological polar surface area (TPSA) is 101 Å². The van der Waals surface area contributed by atoms with Gasteiger partial charge in [-0.3, -0.25) is 4.79 Å². The lowest BCUT2D eigenvalue weighted by Gasteiger charge is -1.98. The Hall–Kier alpha value is -2.69. The molecule has 1 aromatic carbocycles. The van der Waals surface area contributed by atoms with Crippen molar-refractivity contribution < 1.29 is 4.79 Å². The largest absolute Gasteiger partial charge is 0.385 e. The maximum atomic E-state index is 11.2. The molecule has 0 unspecified atom stereocenters. The third-order valence-electron chi connectivity index (χ3n) is 2.98. The minimum Gasteiger partial charge on any atom is -0.385 e. The lowest BCUT2D eigenvalue weighted by Crippen LogP contribution is -2.11. The normalized spacial score (nSPS) is 10.9. The third-order valence-corrected chi connectivity index (χ3v) is 2.98. The van der Waals surface area contributed by atoms with Crippen LogP contribution in [0.1, 0.15) is 10.4 Å². The Bertz CT molecular complexity index is 738. The summed E-state index contributed by atoms with van der Waals surface area (Å²) in [5.74, 6) is -0.236. The van der Waals surface area contributed by atoms with E-state index >= 15 is 0 Å². The van der Waals surface area contributed by atoms with E-state index in [1.807, 2.05) is 30.5 Å². The first-order valence-corrected chi connectivity index (χ1v) is 5.51. The van der Waals surface area contributed by atoms with Crippen molar-refractivity contribution in [2.24, 2.45) is 5.73 Å². The Morgan fingerprint density at radius 2 is 2.00 bits per heavy atom. The van der Waals surface area contributed by atoms with Crippen LogP contribution in [-0.4, -0.2) is 15.9 Å². The average Bonchev–Trinajstić information content (AvgIpc) is 2.93. The first-order valence-electron chi connectivity index (χ1n) is 5.51. The third kappa shape index (κ3) is 1.53. The highest BCUT2D eigenvalue weighted by atomic mass is 16.1. The first kappa shape index (κ1) is 10.5. The Labute approximate surface area is 103 Å². The molecule has 0 spiro atoms. The summed E-state index contributed by atoms with van der Waals surface area (Å²) in [4.78, 5) is 17.3. The fraction of sp³-hybridized carbons (Fsp3) is 0. The molecular weight excluding hydrogens is 228 g/mol. The minimum absolute atomic E-state index is 0.295. The molecule has 0 bridgehead atoms. The van der Waals surface area contributed by atoms with Crippen LogP contribution in [0.5, 0.6) is 0 Å². The summed E-state index contributed by atoms with van der Waals surface area (Å²) >= 11 is 0. The zero-order valence-electron chi connectivity index (χ0n) is 9.53. The molecule has 0 radical (unpaired) electrons. The van der Waals surface area contributed by atoms with Crippen LogP contribution in [0.15, 0.2) is 36.5 Å². The molecule has 0 saturated carbocycles. The number of anilines is 1. The van der Waals surface area contributed by atoms with Gasteiger partial charge in [-0.25, -0.2) is 0 Å². The fourth-order valence-corrected chi connectivity index (χ4v) is 2.05. The predicted molar refractivity (Wildman–Crippen MR) is 71.0 cm³/mol. The number of aromatic amines is 2. The number of H-pyrrole nitrogens is 2. The lowest BCUT2D eigenvalue weighted by atomic mass is 10.1. The van der Waals surface area contributed by atoms with Crippen LogP contribution >= 0.6 is 0 Å². The number of hydrogen-bond donors (Lipinski definition) is 4. The molecule has 0 aliphatic carbocycles. The van der Waals surface area contributed by atoms with Crippen molar-refractivity contribution in [3.63, 3.8) is 0 Å². The Kier molecular flexibility index (Phi) is 2.13. The number of nitrogens with one attached hydrogen (secondary N) is 2. The molecule has 3 aromatic rings. The zero-order chi connectivity index (χ0) is 12.7. The molecule has 0 atom stereocenters. The Morgan fingerprint density at radius 3 is 2.72 bits per heavy atom. The van der Waals surface area contributed by atoms with Gasteiger partial charge in [-0.1, -0.05) is 12.1 Å². The van der Waals surface area contributed by atoms with E-state index in [0.717, 1.165) is 22.2 Å². The predicted octanol–water partition coefficient (Wildman–Crippen LogP) is 1.84. The second kappa shape index (κ2) is 3.66. The first-order chi connectivity index (χ1) is 8.65. The van der Waals surface area contributed by atoms with Gasteiger partial charge in [-0.2, -0.15) is 0 Å². The fourth-order valence-electron chi connectivity index (χ4n) is 2.05. The van der Waals surface area contributed by atoms with Crippen molar-refractivity contribution in [1.29, 1.82) is 0 Å². The molecular formula is C13H12N4O. The van der Waals surface area contributed by atoms with Gasteiger partial charge >= 0.3 is 0 Å². The van der Waals surface area contributed by atoms with Crippen molar-refractivity contribution in [1.82, 2.24) is 9.97 Å². The van der Waals surface area contributed by atoms with Gasteiger partial charge in [0.1, 0.15) is 5.82 Å². The number of nitrogen functional groups attached to an aromatic ring is 1. The van der Waals surface area contributed by atoms with E-state index in [4.69, 9.17) is 11.5 Å². The number of carbonyl (C=O) groups is 1. The summed E-state index contributed by atoms with van der Waals surface area (Å²) in [6.45, 7) is 0. The van der Waals surface area contributed by atoms with Crippen LogP contribution < -0.4 is 11.5 Å². The van der Waals surface area contributed by atoms with Crippen molar-refractivity contribution >= 4 is 22.6 Å². The summed E-state index contributed by atoms with van der Waals surface area (Å²) in [5, 5.41) is 1.13. The maximum absolute atomic E-state index is 11.2. The van der Waals surface area contributed by atoms with E-state index in [1.165, 1.54) is 0 Å². The van der Waals surface area contributed by atoms with Crippen molar-refractivity contribution in [2.45, 2.75) is 0 Å². The molecule has 5 nitrogen and oxygen atoms in total. The molecule has 3 rings (SSSR count). The summed E-state index contributed by atoms with van der Waals surface area (Å²) in [7, 11) is 0. The summed E-state index contributed by atoms with van der Waals surface area (Å²) in [5.41, 5.74) is 14.0. The molecule has 6 N–H and O–H groups in total. The Morgan fingerprint density at radius 1 is 1.17 bits per heavy atom. The lowest BCUT2D eigenvalue weighted by molar-refractivity contribution is 0.100. The number of aromatic nitrogens is 2. The van der Waals surface area contributed by atoms with Gasteiger partial charge in [-0.15, -0.1) is 0 Å². The zero-order valence-corrected chi connectivity index (χ0v) is 9.53. The highest BCUT2D eigenvalue weighted by molar-refractivity contribution is 5.99. The molecule has 2 aromatic heterocycles. The van der Waals surface area contributed by atoms with Gasteiger partial charge in [0, 0.05) is 23.0 Å². The molecule has 0 saturated heterocycles. The number of primary amides is 1. The van der Waals surface area contributed by atoms with Crippen molar-refractivity contribution in [3.05, 3.63) is 42.1 Å². The van der Waals surface area contributed by atoms with Gasteiger partial charge in [-0.05, 0) is 23.6 Å². The van der Waals surface area contributed by atoms with Gasteiger partial charge < -0.3 is 21.4 Å². The van der Waals surface area contributed by atoms with E-state index < -0.39 is 5.91 Å². The van der Waals surface area contributed by atoms with Crippen LogP contribution in [0.2, 0.25) is 0 Å². The molecule has 0 aliphatic heterocycles. The number of rotatable bonds is 2. The second-order valence-electron chi connectivity index (χ2n) is 4.15. The number of benzene rings is 1.